The maximum absolute atomic E-state index is 12.1. The summed E-state index contributed by atoms with van der Waals surface area (Å²) in [6.07, 6.45) is 0.384. The summed E-state index contributed by atoms with van der Waals surface area (Å²) in [5.41, 5.74) is 1.73. The van der Waals surface area contributed by atoms with E-state index in [1.54, 1.807) is 26.4 Å². The van der Waals surface area contributed by atoms with E-state index in [4.69, 9.17) is 21.1 Å². The summed E-state index contributed by atoms with van der Waals surface area (Å²) in [7, 11) is 5.20. The lowest BCUT2D eigenvalue weighted by atomic mass is 10.2. The molecule has 0 aliphatic heterocycles. The zero-order valence-corrected chi connectivity index (χ0v) is 15.5. The van der Waals surface area contributed by atoms with E-state index in [2.05, 4.69) is 10.2 Å². The molecule has 0 saturated heterocycles. The molecule has 1 amide bonds. The van der Waals surface area contributed by atoms with Gasteiger partial charge in [0.15, 0.2) is 11.5 Å². The highest BCUT2D eigenvalue weighted by atomic mass is 35.5. The Morgan fingerprint density at radius 3 is 2.52 bits per heavy atom. The van der Waals surface area contributed by atoms with Crippen LogP contribution in [0.5, 0.6) is 11.5 Å². The van der Waals surface area contributed by atoms with Crippen LogP contribution in [0.1, 0.15) is 12.0 Å². The highest BCUT2D eigenvalue weighted by Crippen LogP contribution is 2.28. The normalized spacial score (nSPS) is 10.6. The third kappa shape index (κ3) is 5.66. The first-order valence-corrected chi connectivity index (χ1v) is 8.35. The van der Waals surface area contributed by atoms with E-state index in [1.165, 1.54) is 0 Å². The number of halogens is 1. The molecule has 25 heavy (non-hydrogen) atoms. The average Bonchev–Trinajstić information content (AvgIpc) is 2.62. The van der Waals surface area contributed by atoms with Gasteiger partial charge in [-0.2, -0.15) is 0 Å². The fraction of sp³-hybridized carbons (Fsp3) is 0.316. The zero-order chi connectivity index (χ0) is 18.2. The number of nitrogens with zero attached hydrogens (tertiary/aromatic N) is 1. The van der Waals surface area contributed by atoms with Crippen LogP contribution in [0.2, 0.25) is 5.02 Å². The second kappa shape index (κ2) is 9.30. The van der Waals surface area contributed by atoms with Gasteiger partial charge in [-0.3, -0.25) is 4.79 Å². The number of benzene rings is 2. The molecule has 0 heterocycles. The summed E-state index contributed by atoms with van der Waals surface area (Å²) in [4.78, 5) is 14.1. The standard InChI is InChI=1S/C19H23ClN2O3/c1-22(13-14-8-9-17(24-2)18(12-14)25-3)11-10-19(23)21-16-7-5-4-6-15(16)20/h4-9,12H,10-11,13H2,1-3H3,(H,21,23). The van der Waals surface area contributed by atoms with Crippen molar-refractivity contribution in [3.63, 3.8) is 0 Å². The summed E-state index contributed by atoms with van der Waals surface area (Å²) in [6.45, 7) is 1.34. The number of ether oxygens (including phenoxy) is 2. The summed E-state index contributed by atoms with van der Waals surface area (Å²) < 4.78 is 10.6. The van der Waals surface area contributed by atoms with E-state index in [9.17, 15) is 4.79 Å². The summed E-state index contributed by atoms with van der Waals surface area (Å²) in [6, 6.07) is 13.0. The molecule has 0 spiro atoms. The minimum Gasteiger partial charge on any atom is -0.493 e. The Morgan fingerprint density at radius 2 is 1.84 bits per heavy atom. The van der Waals surface area contributed by atoms with Crippen LogP contribution < -0.4 is 14.8 Å². The predicted molar refractivity (Wildman–Crippen MR) is 101 cm³/mol. The maximum Gasteiger partial charge on any atom is 0.225 e. The smallest absolute Gasteiger partial charge is 0.225 e. The maximum atomic E-state index is 12.1. The minimum atomic E-state index is -0.0627. The summed E-state index contributed by atoms with van der Waals surface area (Å²) in [5, 5.41) is 3.37. The van der Waals surface area contributed by atoms with Gasteiger partial charge in [-0.25, -0.2) is 0 Å². The molecule has 0 aliphatic carbocycles. The molecule has 0 bridgehead atoms. The van der Waals surface area contributed by atoms with Gasteiger partial charge >= 0.3 is 0 Å². The molecule has 0 saturated carbocycles. The van der Waals surface area contributed by atoms with Gasteiger partial charge in [0.05, 0.1) is 24.9 Å². The third-order valence-electron chi connectivity index (χ3n) is 3.77. The number of anilines is 1. The first-order chi connectivity index (χ1) is 12.0. The lowest BCUT2D eigenvalue weighted by Crippen LogP contribution is -2.24. The molecule has 0 radical (unpaired) electrons. The molecule has 0 aliphatic rings. The van der Waals surface area contributed by atoms with Gasteiger partial charge in [-0.1, -0.05) is 29.8 Å². The molecule has 0 aromatic heterocycles. The van der Waals surface area contributed by atoms with E-state index >= 15 is 0 Å². The number of carbonyl (C=O) groups is 1. The number of hydrogen-bond acceptors (Lipinski definition) is 4. The molecular formula is C19H23ClN2O3. The van der Waals surface area contributed by atoms with Crippen molar-refractivity contribution in [1.29, 1.82) is 0 Å². The van der Waals surface area contributed by atoms with Gasteiger partial charge in [0.25, 0.3) is 0 Å². The minimum absolute atomic E-state index is 0.0627. The molecule has 1 N–H and O–H groups in total. The number of carbonyl (C=O) groups excluding carboxylic acids is 1. The Labute approximate surface area is 153 Å². The average molecular weight is 363 g/mol. The first-order valence-electron chi connectivity index (χ1n) is 7.97. The van der Waals surface area contributed by atoms with Crippen LogP contribution in [-0.4, -0.2) is 38.6 Å². The molecule has 6 heteroatoms. The Hall–Kier alpha value is -2.24. The fourth-order valence-electron chi connectivity index (χ4n) is 2.44. The lowest BCUT2D eigenvalue weighted by molar-refractivity contribution is -0.116. The second-order valence-electron chi connectivity index (χ2n) is 5.71. The van der Waals surface area contributed by atoms with Crippen molar-refractivity contribution < 1.29 is 14.3 Å². The highest BCUT2D eigenvalue weighted by molar-refractivity contribution is 6.33. The fourth-order valence-corrected chi connectivity index (χ4v) is 2.62. The number of rotatable bonds is 8. The largest absolute Gasteiger partial charge is 0.493 e. The summed E-state index contributed by atoms with van der Waals surface area (Å²) in [5.74, 6) is 1.34. The molecular weight excluding hydrogens is 340 g/mol. The molecule has 2 aromatic rings. The SMILES string of the molecule is COc1ccc(CN(C)CCC(=O)Nc2ccccc2Cl)cc1OC. The first kappa shape index (κ1) is 19.1. The number of amides is 1. The van der Waals surface area contributed by atoms with Gasteiger partial charge in [-0.15, -0.1) is 0 Å². The Kier molecular flexibility index (Phi) is 7.10. The Balaban J connectivity index is 1.85. The molecule has 2 rings (SSSR count). The van der Waals surface area contributed by atoms with E-state index < -0.39 is 0 Å². The number of hydrogen-bond donors (Lipinski definition) is 1. The van der Waals surface area contributed by atoms with E-state index in [-0.39, 0.29) is 5.91 Å². The summed E-state index contributed by atoms with van der Waals surface area (Å²) >= 11 is 6.04. The molecule has 134 valence electrons. The zero-order valence-electron chi connectivity index (χ0n) is 14.7. The van der Waals surface area contributed by atoms with Gasteiger partial charge < -0.3 is 19.7 Å². The third-order valence-corrected chi connectivity index (χ3v) is 4.10. The quantitative estimate of drug-likeness (QED) is 0.775. The van der Waals surface area contributed by atoms with Gasteiger partial charge in [0, 0.05) is 19.5 Å². The molecule has 2 aromatic carbocycles. The van der Waals surface area contributed by atoms with Crippen molar-refractivity contribution in [2.45, 2.75) is 13.0 Å². The van der Waals surface area contributed by atoms with E-state index in [0.29, 0.717) is 41.7 Å². The molecule has 0 unspecified atom stereocenters. The van der Waals surface area contributed by atoms with Crippen LogP contribution in [-0.2, 0) is 11.3 Å². The van der Waals surface area contributed by atoms with Gasteiger partial charge in [-0.05, 0) is 36.9 Å². The number of para-hydroxylation sites is 1. The van der Waals surface area contributed by atoms with Crippen molar-refractivity contribution in [3.8, 4) is 11.5 Å². The highest BCUT2D eigenvalue weighted by Gasteiger charge is 2.09. The Bertz CT molecular complexity index is 722. The van der Waals surface area contributed by atoms with Crippen LogP contribution >= 0.6 is 11.6 Å². The number of nitrogens with one attached hydrogen (secondary N) is 1. The van der Waals surface area contributed by atoms with Crippen molar-refractivity contribution in [1.82, 2.24) is 4.90 Å². The van der Waals surface area contributed by atoms with Crippen LogP contribution in [0.15, 0.2) is 42.5 Å². The van der Waals surface area contributed by atoms with E-state index in [0.717, 1.165) is 5.56 Å². The van der Waals surface area contributed by atoms with E-state index in [1.807, 2.05) is 37.4 Å². The molecule has 0 atom stereocenters. The van der Waals surface area contributed by atoms with Crippen LogP contribution in [0.3, 0.4) is 0 Å². The Morgan fingerprint density at radius 1 is 1.12 bits per heavy atom. The van der Waals surface area contributed by atoms with Crippen molar-refractivity contribution in [2.24, 2.45) is 0 Å². The van der Waals surface area contributed by atoms with Crippen LogP contribution in [0.25, 0.3) is 0 Å². The lowest BCUT2D eigenvalue weighted by Gasteiger charge is -2.17. The van der Waals surface area contributed by atoms with Gasteiger partial charge in [0.2, 0.25) is 5.91 Å². The van der Waals surface area contributed by atoms with Crippen LogP contribution in [0, 0.1) is 0 Å². The second-order valence-corrected chi connectivity index (χ2v) is 6.11. The topological polar surface area (TPSA) is 50.8 Å². The van der Waals surface area contributed by atoms with Crippen molar-refractivity contribution >= 4 is 23.2 Å². The van der Waals surface area contributed by atoms with Gasteiger partial charge in [0.1, 0.15) is 0 Å². The monoisotopic (exact) mass is 362 g/mol. The number of methoxy groups -OCH3 is 2. The van der Waals surface area contributed by atoms with Crippen molar-refractivity contribution in [3.05, 3.63) is 53.1 Å². The molecule has 5 nitrogen and oxygen atoms in total. The molecule has 0 fully saturated rings. The van der Waals surface area contributed by atoms with Crippen molar-refractivity contribution in [2.75, 3.05) is 33.1 Å². The van der Waals surface area contributed by atoms with Crippen LogP contribution in [0.4, 0.5) is 5.69 Å². The predicted octanol–water partition coefficient (Wildman–Crippen LogP) is 3.82.